The number of carbonyl (C=O) groups excluding carboxylic acids is 1. The maximum atomic E-state index is 10.4. The molecule has 0 aliphatic rings. The van der Waals surface area contributed by atoms with Crippen molar-refractivity contribution in [3.63, 3.8) is 0 Å². The lowest BCUT2D eigenvalue weighted by atomic mass is 10.7. The van der Waals surface area contributed by atoms with Gasteiger partial charge in [0.2, 0.25) is 0 Å². The molecule has 0 aromatic carbocycles. The number of rotatable bonds is 2. The van der Waals surface area contributed by atoms with E-state index in [-0.39, 0.29) is 6.54 Å². The molecule has 4 nitrogen and oxygen atoms in total. The van der Waals surface area contributed by atoms with E-state index in [4.69, 9.17) is 0 Å². The number of nitrogens with one attached hydrogen (secondary N) is 1. The highest BCUT2D eigenvalue weighted by atomic mass is 127. The van der Waals surface area contributed by atoms with E-state index < -0.39 is 6.09 Å². The largest absolute Gasteiger partial charge is 0.439 e. The molecule has 5 heteroatoms. The van der Waals surface area contributed by atoms with Gasteiger partial charge in [0.25, 0.3) is 0 Å². The Morgan fingerprint density at radius 3 is 3.00 bits per heavy atom. The van der Waals surface area contributed by atoms with E-state index in [9.17, 15) is 4.79 Å². The van der Waals surface area contributed by atoms with E-state index in [0.29, 0.717) is 0 Å². The standard InChI is InChI=1S/C5H6INO3/c1-9-10-5(8)7-4-2-3-6/h4H2,1H3,(H,7,8). The summed E-state index contributed by atoms with van der Waals surface area (Å²) in [5.41, 5.74) is 0. The Morgan fingerprint density at radius 1 is 1.80 bits per heavy atom. The van der Waals surface area contributed by atoms with Crippen molar-refractivity contribution in [3.8, 4) is 9.85 Å². The van der Waals surface area contributed by atoms with Crippen LogP contribution in [-0.4, -0.2) is 19.7 Å². The van der Waals surface area contributed by atoms with E-state index in [1.165, 1.54) is 7.11 Å². The van der Waals surface area contributed by atoms with Gasteiger partial charge in [0, 0.05) is 22.6 Å². The lowest BCUT2D eigenvalue weighted by molar-refractivity contribution is -0.212. The summed E-state index contributed by atoms with van der Waals surface area (Å²) in [6.45, 7) is 0.269. The van der Waals surface area contributed by atoms with Gasteiger partial charge in [-0.2, -0.15) is 4.89 Å². The summed E-state index contributed by atoms with van der Waals surface area (Å²) in [6.07, 6.45) is -0.637. The topological polar surface area (TPSA) is 47.6 Å². The van der Waals surface area contributed by atoms with Gasteiger partial charge in [-0.05, 0) is 3.93 Å². The monoisotopic (exact) mass is 255 g/mol. The molecule has 0 aliphatic carbocycles. The first-order valence-corrected chi connectivity index (χ1v) is 3.46. The van der Waals surface area contributed by atoms with Crippen molar-refractivity contribution in [3.05, 3.63) is 0 Å². The Balaban J connectivity index is 3.27. The molecule has 0 radical (unpaired) electrons. The van der Waals surface area contributed by atoms with E-state index in [2.05, 4.69) is 24.9 Å². The lowest BCUT2D eigenvalue weighted by Gasteiger charge is -1.97. The van der Waals surface area contributed by atoms with E-state index in [1.807, 2.05) is 22.6 Å². The molecule has 56 valence electrons. The number of carbonyl (C=O) groups is 1. The first-order valence-electron chi connectivity index (χ1n) is 2.38. The highest BCUT2D eigenvalue weighted by Crippen LogP contribution is 1.75. The SMILES string of the molecule is COOC(=O)NCC#CI. The number of hydrogen-bond acceptors (Lipinski definition) is 3. The molecule has 0 bridgehead atoms. The lowest BCUT2D eigenvalue weighted by Crippen LogP contribution is -2.23. The highest BCUT2D eigenvalue weighted by molar-refractivity contribution is 14.1. The molecule has 1 N–H and O–H groups in total. The van der Waals surface area contributed by atoms with Crippen LogP contribution in [0.2, 0.25) is 0 Å². The van der Waals surface area contributed by atoms with Gasteiger partial charge >= 0.3 is 6.09 Å². The molecular formula is C5H6INO3. The van der Waals surface area contributed by atoms with Crippen molar-refractivity contribution in [2.24, 2.45) is 0 Å². The summed E-state index contributed by atoms with van der Waals surface area (Å²) in [7, 11) is 1.25. The van der Waals surface area contributed by atoms with Crippen LogP contribution in [0.4, 0.5) is 4.79 Å². The molecule has 0 saturated carbocycles. The van der Waals surface area contributed by atoms with Crippen molar-refractivity contribution in [2.45, 2.75) is 0 Å². The van der Waals surface area contributed by atoms with Gasteiger partial charge in [-0.25, -0.2) is 4.79 Å². The van der Waals surface area contributed by atoms with Gasteiger partial charge in [0.15, 0.2) is 0 Å². The molecule has 0 aromatic heterocycles. The van der Waals surface area contributed by atoms with Crippen LogP contribution in [0.1, 0.15) is 0 Å². The molecule has 0 unspecified atom stereocenters. The summed E-state index contributed by atoms with van der Waals surface area (Å²) < 4.78 is 2.57. The average Bonchev–Trinajstić information content (AvgIpc) is 1.89. The summed E-state index contributed by atoms with van der Waals surface area (Å²) >= 11 is 1.87. The van der Waals surface area contributed by atoms with Crippen LogP contribution in [-0.2, 0) is 9.78 Å². The van der Waals surface area contributed by atoms with Gasteiger partial charge in [0.05, 0.1) is 13.7 Å². The Kier molecular flexibility index (Phi) is 6.32. The molecule has 0 atom stereocenters. The molecule has 0 aromatic rings. The number of halogens is 1. The van der Waals surface area contributed by atoms with Gasteiger partial charge < -0.3 is 5.32 Å². The normalized spacial score (nSPS) is 7.40. The molecular weight excluding hydrogens is 249 g/mol. The van der Waals surface area contributed by atoms with E-state index >= 15 is 0 Å². The van der Waals surface area contributed by atoms with Crippen molar-refractivity contribution < 1.29 is 14.6 Å². The second-order valence-corrected chi connectivity index (χ2v) is 1.70. The predicted octanol–water partition coefficient (Wildman–Crippen LogP) is 0.670. The Labute approximate surface area is 72.3 Å². The first-order chi connectivity index (χ1) is 4.81. The zero-order chi connectivity index (χ0) is 7.82. The summed E-state index contributed by atoms with van der Waals surface area (Å²) in [6, 6.07) is 0. The second-order valence-electron chi connectivity index (χ2n) is 1.16. The van der Waals surface area contributed by atoms with Crippen LogP contribution in [0.5, 0.6) is 0 Å². The van der Waals surface area contributed by atoms with Gasteiger partial charge in [-0.3, -0.25) is 4.89 Å². The minimum absolute atomic E-state index is 0.269. The van der Waals surface area contributed by atoms with E-state index in [0.717, 1.165) is 0 Å². The summed E-state index contributed by atoms with van der Waals surface area (Å²) in [5.74, 6) is 2.61. The maximum absolute atomic E-state index is 10.4. The Bertz CT molecular complexity index is 160. The van der Waals surface area contributed by atoms with Crippen molar-refractivity contribution in [1.29, 1.82) is 0 Å². The quantitative estimate of drug-likeness (QED) is 0.341. The summed E-state index contributed by atoms with van der Waals surface area (Å²) in [4.78, 5) is 18.5. The molecule has 0 rings (SSSR count). The van der Waals surface area contributed by atoms with Crippen molar-refractivity contribution in [1.82, 2.24) is 5.32 Å². The number of hydrogen-bond donors (Lipinski definition) is 1. The first kappa shape index (κ1) is 9.52. The average molecular weight is 255 g/mol. The van der Waals surface area contributed by atoms with Crippen LogP contribution >= 0.6 is 22.6 Å². The second kappa shape index (κ2) is 6.64. The molecule has 0 fully saturated rings. The van der Waals surface area contributed by atoms with Crippen LogP contribution in [0, 0.1) is 9.85 Å². The molecule has 1 amide bonds. The third-order valence-corrected chi connectivity index (χ3v) is 0.928. The zero-order valence-electron chi connectivity index (χ0n) is 5.31. The highest BCUT2D eigenvalue weighted by Gasteiger charge is 1.96. The van der Waals surface area contributed by atoms with Crippen LogP contribution in [0.25, 0.3) is 0 Å². The van der Waals surface area contributed by atoms with Gasteiger partial charge in [-0.1, -0.05) is 5.92 Å². The third kappa shape index (κ3) is 5.65. The number of amides is 1. The Hall–Kier alpha value is -0.480. The van der Waals surface area contributed by atoms with Crippen molar-refractivity contribution >= 4 is 28.7 Å². The fraction of sp³-hybridized carbons (Fsp3) is 0.400. The fourth-order valence-electron chi connectivity index (χ4n) is 0.255. The van der Waals surface area contributed by atoms with Crippen LogP contribution in [0.3, 0.4) is 0 Å². The van der Waals surface area contributed by atoms with Crippen molar-refractivity contribution in [2.75, 3.05) is 13.7 Å². The van der Waals surface area contributed by atoms with Crippen LogP contribution < -0.4 is 5.32 Å². The minimum atomic E-state index is -0.637. The maximum Gasteiger partial charge on any atom is 0.439 e. The Morgan fingerprint density at radius 2 is 2.50 bits per heavy atom. The van der Waals surface area contributed by atoms with Gasteiger partial charge in [-0.15, -0.1) is 0 Å². The zero-order valence-corrected chi connectivity index (χ0v) is 7.47. The molecule has 0 heterocycles. The fourth-order valence-corrected chi connectivity index (χ4v) is 0.446. The molecule has 0 spiro atoms. The molecule has 0 saturated heterocycles. The third-order valence-electron chi connectivity index (χ3n) is 0.547. The molecule has 0 aliphatic heterocycles. The van der Waals surface area contributed by atoms with E-state index in [1.54, 1.807) is 0 Å². The van der Waals surface area contributed by atoms with Crippen LogP contribution in [0.15, 0.2) is 0 Å². The predicted molar refractivity (Wildman–Crippen MR) is 43.3 cm³/mol. The van der Waals surface area contributed by atoms with Gasteiger partial charge in [0.1, 0.15) is 0 Å². The smallest absolute Gasteiger partial charge is 0.308 e. The summed E-state index contributed by atoms with van der Waals surface area (Å²) in [5, 5.41) is 2.32. The molecule has 10 heavy (non-hydrogen) atoms. The minimum Gasteiger partial charge on any atom is -0.308 e.